The number of aromatic nitrogens is 1. The minimum Gasteiger partial charge on any atom is -0.378 e. The van der Waals surface area contributed by atoms with Crippen molar-refractivity contribution in [1.82, 2.24) is 14.8 Å². The molecule has 3 rings (SSSR count). The summed E-state index contributed by atoms with van der Waals surface area (Å²) in [4.78, 5) is 33.7. The first-order chi connectivity index (χ1) is 12.2. The Balaban J connectivity index is 1.62. The summed E-state index contributed by atoms with van der Waals surface area (Å²) >= 11 is 1.60. The van der Waals surface area contributed by atoms with Crippen LogP contribution in [0, 0.1) is 11.8 Å². The molecule has 7 heteroatoms. The highest BCUT2D eigenvalue weighted by atomic mass is 32.1. The van der Waals surface area contributed by atoms with Gasteiger partial charge in [0, 0.05) is 44.7 Å². The summed E-state index contributed by atoms with van der Waals surface area (Å²) in [7, 11) is 1.82. The molecule has 2 heterocycles. The van der Waals surface area contributed by atoms with E-state index in [0.29, 0.717) is 45.7 Å². The maximum atomic E-state index is 12.9. The van der Waals surface area contributed by atoms with Crippen molar-refractivity contribution in [2.45, 2.75) is 19.3 Å². The largest absolute Gasteiger partial charge is 0.378 e. The van der Waals surface area contributed by atoms with Crippen LogP contribution in [0.5, 0.6) is 0 Å². The third-order valence-corrected chi connectivity index (χ3v) is 5.75. The third-order valence-electron chi connectivity index (χ3n) is 4.91. The highest BCUT2D eigenvalue weighted by Gasteiger charge is 2.37. The maximum absolute atomic E-state index is 12.9. The lowest BCUT2D eigenvalue weighted by Crippen LogP contribution is -2.48. The minimum atomic E-state index is -0.262. The number of amides is 2. The molecule has 25 heavy (non-hydrogen) atoms. The summed E-state index contributed by atoms with van der Waals surface area (Å²) < 4.78 is 5.33. The van der Waals surface area contributed by atoms with Gasteiger partial charge in [0.2, 0.25) is 11.8 Å². The molecule has 0 spiro atoms. The Morgan fingerprint density at radius 2 is 2.00 bits per heavy atom. The van der Waals surface area contributed by atoms with Crippen LogP contribution in [-0.4, -0.2) is 66.5 Å². The fourth-order valence-electron chi connectivity index (χ4n) is 3.41. The van der Waals surface area contributed by atoms with Gasteiger partial charge >= 0.3 is 0 Å². The molecule has 2 amide bonds. The van der Waals surface area contributed by atoms with Crippen molar-refractivity contribution in [3.63, 3.8) is 0 Å². The van der Waals surface area contributed by atoms with Gasteiger partial charge in [0.1, 0.15) is 0 Å². The number of morpholine rings is 1. The molecule has 1 aliphatic heterocycles. The summed E-state index contributed by atoms with van der Waals surface area (Å²) in [6.07, 6.45) is 7.88. The molecule has 6 nitrogen and oxygen atoms in total. The first kappa shape index (κ1) is 18.1. The highest BCUT2D eigenvalue weighted by molar-refractivity contribution is 7.09. The third kappa shape index (κ3) is 4.46. The Morgan fingerprint density at radius 1 is 1.28 bits per heavy atom. The molecular formula is C18H25N3O3S. The van der Waals surface area contributed by atoms with E-state index >= 15 is 0 Å². The second-order valence-corrected chi connectivity index (χ2v) is 7.51. The minimum absolute atomic E-state index is 0.0625. The summed E-state index contributed by atoms with van der Waals surface area (Å²) in [5, 5.41) is 2.98. The van der Waals surface area contributed by atoms with Gasteiger partial charge in [-0.05, 0) is 12.8 Å². The van der Waals surface area contributed by atoms with Crippen LogP contribution in [0.25, 0.3) is 0 Å². The summed E-state index contributed by atoms with van der Waals surface area (Å²) in [5.74, 6) is -0.355. The van der Waals surface area contributed by atoms with Gasteiger partial charge in [-0.25, -0.2) is 4.98 Å². The molecule has 0 radical (unpaired) electrons. The number of carbonyl (C=O) groups is 2. The molecule has 2 aliphatic rings. The fourth-order valence-corrected chi connectivity index (χ4v) is 4.02. The van der Waals surface area contributed by atoms with Crippen LogP contribution in [0.2, 0.25) is 0 Å². The zero-order chi connectivity index (χ0) is 17.6. The van der Waals surface area contributed by atoms with E-state index in [1.807, 2.05) is 29.5 Å². The number of rotatable bonds is 5. The van der Waals surface area contributed by atoms with Gasteiger partial charge in [-0.2, -0.15) is 0 Å². The molecule has 1 aromatic rings. The van der Waals surface area contributed by atoms with Gasteiger partial charge in [0.05, 0.1) is 30.1 Å². The normalized spacial score (nSPS) is 23.5. The van der Waals surface area contributed by atoms with Crippen LogP contribution in [-0.2, 0) is 20.7 Å². The van der Waals surface area contributed by atoms with Crippen LogP contribution < -0.4 is 0 Å². The average molecular weight is 363 g/mol. The lowest BCUT2D eigenvalue weighted by molar-refractivity contribution is -0.148. The van der Waals surface area contributed by atoms with Crippen molar-refractivity contribution in [1.29, 1.82) is 0 Å². The Hall–Kier alpha value is -1.73. The van der Waals surface area contributed by atoms with Crippen molar-refractivity contribution < 1.29 is 14.3 Å². The topological polar surface area (TPSA) is 62.7 Å². The SMILES string of the molecule is CN(CCc1nccs1)C(=O)C1CC=CCC1C(=O)N1CCOCC1. The highest BCUT2D eigenvalue weighted by Crippen LogP contribution is 2.29. The monoisotopic (exact) mass is 363 g/mol. The quantitative estimate of drug-likeness (QED) is 0.745. The zero-order valence-corrected chi connectivity index (χ0v) is 15.4. The van der Waals surface area contributed by atoms with Gasteiger partial charge in [0.25, 0.3) is 0 Å². The molecule has 0 aromatic carbocycles. The summed E-state index contributed by atoms with van der Waals surface area (Å²) in [6, 6.07) is 0. The number of allylic oxidation sites excluding steroid dienone is 2. The Labute approximate surface area is 152 Å². The first-order valence-corrected chi connectivity index (χ1v) is 9.69. The number of ether oxygens (including phenoxy) is 1. The molecule has 1 fully saturated rings. The first-order valence-electron chi connectivity index (χ1n) is 8.81. The van der Waals surface area contributed by atoms with Crippen molar-refractivity contribution >= 4 is 23.2 Å². The number of nitrogens with zero attached hydrogens (tertiary/aromatic N) is 3. The molecule has 0 N–H and O–H groups in total. The van der Waals surface area contributed by atoms with E-state index < -0.39 is 0 Å². The smallest absolute Gasteiger partial charge is 0.226 e. The average Bonchev–Trinajstić information content (AvgIpc) is 3.19. The number of hydrogen-bond donors (Lipinski definition) is 0. The maximum Gasteiger partial charge on any atom is 0.226 e. The molecule has 0 saturated carbocycles. The van der Waals surface area contributed by atoms with E-state index in [2.05, 4.69) is 4.98 Å². The van der Waals surface area contributed by atoms with Crippen molar-refractivity contribution in [2.75, 3.05) is 39.9 Å². The predicted molar refractivity (Wildman–Crippen MR) is 96.2 cm³/mol. The Bertz CT molecular complexity index is 611. The molecule has 2 atom stereocenters. The number of carbonyl (C=O) groups excluding carboxylic acids is 2. The van der Waals surface area contributed by atoms with E-state index in [0.717, 1.165) is 11.4 Å². The van der Waals surface area contributed by atoms with E-state index in [9.17, 15) is 9.59 Å². The number of likely N-dealkylation sites (N-methyl/N-ethyl adjacent to an activating group) is 1. The van der Waals surface area contributed by atoms with Crippen LogP contribution in [0.1, 0.15) is 17.8 Å². The molecule has 1 saturated heterocycles. The Morgan fingerprint density at radius 3 is 2.68 bits per heavy atom. The van der Waals surface area contributed by atoms with Gasteiger partial charge in [-0.1, -0.05) is 12.2 Å². The lowest BCUT2D eigenvalue weighted by Gasteiger charge is -2.35. The van der Waals surface area contributed by atoms with Crippen LogP contribution in [0.3, 0.4) is 0 Å². The predicted octanol–water partition coefficient (Wildman–Crippen LogP) is 1.59. The molecular weight excluding hydrogens is 338 g/mol. The van der Waals surface area contributed by atoms with Crippen molar-refractivity contribution in [3.8, 4) is 0 Å². The summed E-state index contributed by atoms with van der Waals surface area (Å²) in [6.45, 7) is 3.05. The second-order valence-electron chi connectivity index (χ2n) is 6.53. The van der Waals surface area contributed by atoms with E-state index in [1.54, 1.807) is 22.4 Å². The fraction of sp³-hybridized carbons (Fsp3) is 0.611. The molecule has 2 unspecified atom stereocenters. The lowest BCUT2D eigenvalue weighted by atomic mass is 9.81. The standard InChI is InChI=1S/C18H25N3O3S/c1-20(8-6-16-19-7-13-25-16)17(22)14-4-2-3-5-15(14)18(23)21-9-11-24-12-10-21/h2-3,7,13-15H,4-6,8-12H2,1H3. The van der Waals surface area contributed by atoms with Crippen molar-refractivity contribution in [3.05, 3.63) is 28.7 Å². The summed E-state index contributed by atoms with van der Waals surface area (Å²) in [5.41, 5.74) is 0. The van der Waals surface area contributed by atoms with E-state index in [1.165, 1.54) is 0 Å². The van der Waals surface area contributed by atoms with Gasteiger partial charge in [0.15, 0.2) is 0 Å². The van der Waals surface area contributed by atoms with Crippen molar-refractivity contribution in [2.24, 2.45) is 11.8 Å². The molecule has 0 bridgehead atoms. The second kappa shape index (κ2) is 8.58. The zero-order valence-electron chi connectivity index (χ0n) is 14.6. The number of hydrogen-bond acceptors (Lipinski definition) is 5. The van der Waals surface area contributed by atoms with E-state index in [4.69, 9.17) is 4.74 Å². The van der Waals surface area contributed by atoms with E-state index in [-0.39, 0.29) is 23.7 Å². The van der Waals surface area contributed by atoms with Gasteiger partial charge in [-0.3, -0.25) is 9.59 Å². The van der Waals surface area contributed by atoms with Gasteiger partial charge in [-0.15, -0.1) is 11.3 Å². The number of thiazole rings is 1. The molecule has 136 valence electrons. The van der Waals surface area contributed by atoms with Crippen LogP contribution >= 0.6 is 11.3 Å². The van der Waals surface area contributed by atoms with Gasteiger partial charge < -0.3 is 14.5 Å². The Kier molecular flexibility index (Phi) is 6.20. The van der Waals surface area contributed by atoms with Crippen LogP contribution in [0.4, 0.5) is 0 Å². The molecule has 1 aliphatic carbocycles. The molecule has 1 aromatic heterocycles. The van der Waals surface area contributed by atoms with Crippen LogP contribution in [0.15, 0.2) is 23.7 Å².